The predicted octanol–water partition coefficient (Wildman–Crippen LogP) is 2.78. The van der Waals surface area contributed by atoms with Crippen LogP contribution in [0.25, 0.3) is 0 Å². The van der Waals surface area contributed by atoms with Crippen LogP contribution in [-0.4, -0.2) is 32.0 Å². The van der Waals surface area contributed by atoms with Crippen LogP contribution in [0.5, 0.6) is 0 Å². The Kier molecular flexibility index (Phi) is 8.82. The molecule has 0 fully saturated rings. The topological polar surface area (TPSA) is 69.7 Å². The van der Waals surface area contributed by atoms with E-state index in [4.69, 9.17) is 17.3 Å². The first-order chi connectivity index (χ1) is 8.82. The predicted molar refractivity (Wildman–Crippen MR) is 86.3 cm³/mol. The molecule has 0 unspecified atom stereocenters. The van der Waals surface area contributed by atoms with Crippen LogP contribution in [0.2, 0.25) is 0 Å². The lowest BCUT2D eigenvalue weighted by Crippen LogP contribution is -2.32. The Labute approximate surface area is 124 Å². The minimum atomic E-state index is -0.500. The van der Waals surface area contributed by atoms with Crippen LogP contribution in [-0.2, 0) is 6.54 Å². The van der Waals surface area contributed by atoms with E-state index < -0.39 is 5.17 Å². The molecule has 4 N–H and O–H groups in total. The molecule has 1 aromatic carbocycles. The van der Waals surface area contributed by atoms with Crippen LogP contribution < -0.4 is 5.73 Å². The Morgan fingerprint density at radius 3 is 2.05 bits per heavy atom. The van der Waals surface area contributed by atoms with E-state index in [-0.39, 0.29) is 5.17 Å². The molecule has 0 aromatic heterocycles. The molecule has 6 heteroatoms. The minimum absolute atomic E-state index is 0.0208. The number of nitrogens with zero attached hydrogens (tertiary/aromatic N) is 1. The minimum Gasteiger partial charge on any atom is -0.487 e. The molecule has 0 aliphatic heterocycles. The van der Waals surface area contributed by atoms with Crippen molar-refractivity contribution in [3.63, 3.8) is 0 Å². The summed E-state index contributed by atoms with van der Waals surface area (Å²) in [6.07, 6.45) is 0. The zero-order chi connectivity index (χ0) is 14.8. The SMILES string of the molecule is CC(C)CN(Cc1ccccc1)C(O)=S.NC(O)=S. The third-order valence-corrected chi connectivity index (χ3v) is 2.33. The molecule has 1 aromatic rings. The van der Waals surface area contributed by atoms with Crippen molar-refractivity contribution < 1.29 is 10.2 Å². The van der Waals surface area contributed by atoms with Crippen LogP contribution >= 0.6 is 24.4 Å². The highest BCUT2D eigenvalue weighted by Gasteiger charge is 2.10. The van der Waals surface area contributed by atoms with Gasteiger partial charge >= 0.3 is 0 Å². The first kappa shape index (κ1) is 17.6. The Morgan fingerprint density at radius 1 is 1.21 bits per heavy atom. The zero-order valence-electron chi connectivity index (χ0n) is 11.1. The van der Waals surface area contributed by atoms with Gasteiger partial charge in [0.1, 0.15) is 0 Å². The van der Waals surface area contributed by atoms with Crippen LogP contribution in [0.1, 0.15) is 19.4 Å². The fourth-order valence-electron chi connectivity index (χ4n) is 1.45. The van der Waals surface area contributed by atoms with Gasteiger partial charge in [-0.25, -0.2) is 0 Å². The van der Waals surface area contributed by atoms with Gasteiger partial charge in [-0.2, -0.15) is 0 Å². The largest absolute Gasteiger partial charge is 0.487 e. The molecular weight excluding hydrogens is 280 g/mol. The quantitative estimate of drug-likeness (QED) is 0.743. The molecule has 0 amide bonds. The van der Waals surface area contributed by atoms with Gasteiger partial charge in [0.15, 0.2) is 0 Å². The second-order valence-corrected chi connectivity index (χ2v) is 5.16. The molecule has 19 heavy (non-hydrogen) atoms. The summed E-state index contributed by atoms with van der Waals surface area (Å²) >= 11 is 8.69. The van der Waals surface area contributed by atoms with E-state index in [1.165, 1.54) is 0 Å². The van der Waals surface area contributed by atoms with Gasteiger partial charge in [-0.15, -0.1) is 0 Å². The lowest BCUT2D eigenvalue weighted by atomic mass is 10.2. The van der Waals surface area contributed by atoms with Crippen LogP contribution in [0.15, 0.2) is 30.3 Å². The molecule has 4 nitrogen and oxygen atoms in total. The second-order valence-electron chi connectivity index (χ2n) is 4.38. The van der Waals surface area contributed by atoms with Gasteiger partial charge in [0, 0.05) is 13.1 Å². The first-order valence-corrected chi connectivity index (χ1v) is 6.64. The van der Waals surface area contributed by atoms with E-state index in [1.807, 2.05) is 35.2 Å². The second kappa shape index (κ2) is 9.52. The lowest BCUT2D eigenvalue weighted by Gasteiger charge is -2.23. The number of aliphatic hydroxyl groups excluding tert-OH is 2. The van der Waals surface area contributed by atoms with Gasteiger partial charge in [0.05, 0.1) is 0 Å². The van der Waals surface area contributed by atoms with E-state index in [0.29, 0.717) is 12.5 Å². The number of nitrogens with two attached hydrogens (primary N) is 1. The first-order valence-electron chi connectivity index (χ1n) is 5.83. The number of thiocarbonyl (C=S) groups is 2. The fourth-order valence-corrected chi connectivity index (χ4v) is 1.59. The number of hydrogen-bond donors (Lipinski definition) is 3. The van der Waals surface area contributed by atoms with Gasteiger partial charge < -0.3 is 20.8 Å². The van der Waals surface area contributed by atoms with E-state index >= 15 is 0 Å². The van der Waals surface area contributed by atoms with Crippen molar-refractivity contribution in [2.24, 2.45) is 11.7 Å². The highest BCUT2D eigenvalue weighted by molar-refractivity contribution is 7.80. The van der Waals surface area contributed by atoms with E-state index in [2.05, 4.69) is 31.8 Å². The highest BCUT2D eigenvalue weighted by atomic mass is 32.1. The Morgan fingerprint density at radius 2 is 1.68 bits per heavy atom. The average Bonchev–Trinajstić information content (AvgIpc) is 2.28. The van der Waals surface area contributed by atoms with Crippen LogP contribution in [0, 0.1) is 5.92 Å². The standard InChI is InChI=1S/C12H17NOS.CH3NOS/c1-10(2)8-13(12(14)15)9-11-6-4-3-5-7-11;2-1(3)4/h3-7,10H,8-9H2,1-2H3,(H,14,15);(H3,2,3,4). The summed E-state index contributed by atoms with van der Waals surface area (Å²) < 4.78 is 0. The molecule has 0 atom stereocenters. The molecule has 0 bridgehead atoms. The number of benzene rings is 1. The van der Waals surface area contributed by atoms with Gasteiger partial charge in [0.25, 0.3) is 10.3 Å². The van der Waals surface area contributed by atoms with E-state index in [0.717, 1.165) is 12.1 Å². The summed E-state index contributed by atoms with van der Waals surface area (Å²) in [5.74, 6) is 0.485. The van der Waals surface area contributed by atoms with Gasteiger partial charge in [0.2, 0.25) is 0 Å². The third kappa shape index (κ3) is 10.2. The molecule has 0 aliphatic carbocycles. The van der Waals surface area contributed by atoms with Crippen molar-refractivity contribution in [3.05, 3.63) is 35.9 Å². The maximum atomic E-state index is 9.38. The van der Waals surface area contributed by atoms with Crippen molar-refractivity contribution in [2.75, 3.05) is 6.54 Å². The lowest BCUT2D eigenvalue weighted by molar-refractivity contribution is 0.306. The summed E-state index contributed by atoms with van der Waals surface area (Å²) in [6, 6.07) is 10.0. The molecule has 0 spiro atoms. The van der Waals surface area contributed by atoms with Gasteiger partial charge in [-0.1, -0.05) is 44.2 Å². The van der Waals surface area contributed by atoms with Crippen LogP contribution in [0.3, 0.4) is 0 Å². The molecule has 0 saturated heterocycles. The van der Waals surface area contributed by atoms with E-state index in [1.54, 1.807) is 0 Å². The molecule has 0 heterocycles. The van der Waals surface area contributed by atoms with Crippen molar-refractivity contribution >= 4 is 34.8 Å². The summed E-state index contributed by atoms with van der Waals surface area (Å²) in [4.78, 5) is 1.81. The van der Waals surface area contributed by atoms with Crippen molar-refractivity contribution in [2.45, 2.75) is 20.4 Å². The number of hydrogen-bond acceptors (Lipinski definition) is 2. The molecule has 106 valence electrons. The molecule has 1 rings (SSSR count). The summed E-state index contributed by atoms with van der Waals surface area (Å²) in [6.45, 7) is 5.67. The zero-order valence-corrected chi connectivity index (χ0v) is 12.7. The Hall–Kier alpha value is -1.40. The Balaban J connectivity index is 0.000000711. The molecule has 0 saturated carbocycles. The van der Waals surface area contributed by atoms with E-state index in [9.17, 15) is 5.11 Å². The van der Waals surface area contributed by atoms with Crippen molar-refractivity contribution in [3.8, 4) is 0 Å². The number of rotatable bonds is 4. The number of aliphatic hydroxyl groups is 2. The Bertz CT molecular complexity index is 393. The molecule has 0 aliphatic rings. The molecular formula is C13H20N2O2S2. The van der Waals surface area contributed by atoms with Gasteiger partial charge in [-0.05, 0) is 35.9 Å². The highest BCUT2D eigenvalue weighted by Crippen LogP contribution is 2.07. The van der Waals surface area contributed by atoms with Crippen molar-refractivity contribution in [1.29, 1.82) is 0 Å². The maximum Gasteiger partial charge on any atom is 0.257 e. The van der Waals surface area contributed by atoms with Crippen LogP contribution in [0.4, 0.5) is 0 Å². The fraction of sp³-hybridized carbons (Fsp3) is 0.385. The monoisotopic (exact) mass is 300 g/mol. The normalized spacial score (nSPS) is 9.42. The third-order valence-electron chi connectivity index (χ3n) is 2.07. The summed E-state index contributed by atoms with van der Waals surface area (Å²) in [5.41, 5.74) is 5.56. The maximum absolute atomic E-state index is 9.38. The molecule has 0 radical (unpaired) electrons. The van der Waals surface area contributed by atoms with Gasteiger partial charge in [-0.3, -0.25) is 0 Å². The summed E-state index contributed by atoms with van der Waals surface area (Å²) in [5, 5.41) is 16.4. The average molecular weight is 300 g/mol. The van der Waals surface area contributed by atoms with Crippen molar-refractivity contribution in [1.82, 2.24) is 4.90 Å². The smallest absolute Gasteiger partial charge is 0.257 e. The summed E-state index contributed by atoms with van der Waals surface area (Å²) in [7, 11) is 0.